The summed E-state index contributed by atoms with van der Waals surface area (Å²) in [5, 5.41) is 7.23. The van der Waals surface area contributed by atoms with Gasteiger partial charge in [0.2, 0.25) is 11.8 Å². The molecule has 4 aliphatic rings. The number of aromatic amines is 1. The standard InChI is InChI=1S/C44H51N7O2/c1-3-49(4-2)41(33-15-9-6-10-16-33)44(53)51-26-12-18-39(51)43-46-35-24-23-34(28-36(35)47-43)31-19-21-32(22-20-31)37-29-45-42(48-37)38-17-11-25-50(38)40(52)27-30-13-7-5-8-14-30/h5-10,13-16,19,21-24,28-29,31,38-39,41-42,45,48H,3-4,11-12,17-18,20,25-27H2,1-2H3,(H,46,47)/t31?,38-,39-,41+,42?/m0/s1. The first-order valence-corrected chi connectivity index (χ1v) is 19.5. The van der Waals surface area contributed by atoms with Gasteiger partial charge in [-0.3, -0.25) is 14.5 Å². The molecule has 9 heteroatoms. The zero-order valence-electron chi connectivity index (χ0n) is 30.9. The number of allylic oxidation sites excluding steroid dienone is 3. The Hall–Kier alpha value is -5.15. The van der Waals surface area contributed by atoms with Gasteiger partial charge in [0.15, 0.2) is 0 Å². The zero-order chi connectivity index (χ0) is 36.3. The molecule has 2 amide bonds. The fourth-order valence-corrected chi connectivity index (χ4v) is 8.83. The van der Waals surface area contributed by atoms with Crippen LogP contribution in [0.5, 0.6) is 0 Å². The van der Waals surface area contributed by atoms with Crippen molar-refractivity contribution in [2.24, 2.45) is 0 Å². The van der Waals surface area contributed by atoms with E-state index >= 15 is 0 Å². The average Bonchev–Trinajstić information content (AvgIpc) is 4.03. The van der Waals surface area contributed by atoms with Crippen LogP contribution in [-0.2, 0) is 16.0 Å². The van der Waals surface area contributed by atoms with E-state index in [1.807, 2.05) is 48.5 Å². The lowest BCUT2D eigenvalue weighted by Gasteiger charge is -2.34. The number of nitrogens with zero attached hydrogens (tertiary/aromatic N) is 4. The molecule has 53 heavy (non-hydrogen) atoms. The minimum atomic E-state index is -0.304. The highest BCUT2D eigenvalue weighted by atomic mass is 16.2. The number of hydrogen-bond acceptors (Lipinski definition) is 6. The molecule has 3 N–H and O–H groups in total. The van der Waals surface area contributed by atoms with Gasteiger partial charge in [0.05, 0.1) is 35.2 Å². The largest absolute Gasteiger partial charge is 0.368 e. The third kappa shape index (κ3) is 7.14. The summed E-state index contributed by atoms with van der Waals surface area (Å²) in [4.78, 5) is 42.6. The molecular formula is C44H51N7O2. The topological polar surface area (TPSA) is 96.6 Å². The third-order valence-electron chi connectivity index (χ3n) is 11.7. The molecule has 2 fully saturated rings. The molecule has 1 aromatic heterocycles. The van der Waals surface area contributed by atoms with Crippen LogP contribution >= 0.6 is 0 Å². The molecule has 4 heterocycles. The number of fused-ring (bicyclic) bond motifs is 1. The van der Waals surface area contributed by atoms with E-state index in [-0.39, 0.29) is 42.0 Å². The van der Waals surface area contributed by atoms with Gasteiger partial charge in [-0.25, -0.2) is 4.98 Å². The molecule has 0 saturated carbocycles. The Morgan fingerprint density at radius 3 is 2.43 bits per heavy atom. The number of H-pyrrole nitrogens is 1. The van der Waals surface area contributed by atoms with Crippen molar-refractivity contribution >= 4 is 22.8 Å². The summed E-state index contributed by atoms with van der Waals surface area (Å²) in [6.45, 7) is 7.42. The molecule has 1 aliphatic carbocycles. The predicted octanol–water partition coefficient (Wildman–Crippen LogP) is 6.87. The Labute approximate surface area is 312 Å². The van der Waals surface area contributed by atoms with Crippen LogP contribution in [0.2, 0.25) is 0 Å². The summed E-state index contributed by atoms with van der Waals surface area (Å²) >= 11 is 0. The van der Waals surface area contributed by atoms with Gasteiger partial charge in [0.1, 0.15) is 18.0 Å². The van der Waals surface area contributed by atoms with E-state index in [1.54, 1.807) is 0 Å². The summed E-state index contributed by atoms with van der Waals surface area (Å²) in [5.41, 5.74) is 7.54. The van der Waals surface area contributed by atoms with Crippen molar-refractivity contribution in [2.45, 2.75) is 82.6 Å². The van der Waals surface area contributed by atoms with Crippen molar-refractivity contribution in [1.82, 2.24) is 35.3 Å². The van der Waals surface area contributed by atoms with E-state index in [9.17, 15) is 9.59 Å². The van der Waals surface area contributed by atoms with Crippen molar-refractivity contribution in [3.8, 4) is 0 Å². The number of nitrogens with one attached hydrogen (secondary N) is 3. The number of aromatic nitrogens is 2. The second-order valence-corrected chi connectivity index (χ2v) is 14.8. The summed E-state index contributed by atoms with van der Waals surface area (Å²) in [6.07, 6.45) is 14.1. The Kier molecular flexibility index (Phi) is 10.2. The van der Waals surface area contributed by atoms with Crippen LogP contribution in [0.15, 0.2) is 115 Å². The highest BCUT2D eigenvalue weighted by molar-refractivity contribution is 5.84. The van der Waals surface area contributed by atoms with Gasteiger partial charge in [-0.2, -0.15) is 0 Å². The number of benzene rings is 3. The van der Waals surface area contributed by atoms with E-state index in [0.29, 0.717) is 6.42 Å². The first-order valence-electron chi connectivity index (χ1n) is 19.5. The summed E-state index contributed by atoms with van der Waals surface area (Å²) in [6, 6.07) is 26.5. The van der Waals surface area contributed by atoms with Gasteiger partial charge in [0.25, 0.3) is 0 Å². The molecule has 3 aliphatic heterocycles. The van der Waals surface area contributed by atoms with Crippen molar-refractivity contribution < 1.29 is 9.59 Å². The molecule has 8 rings (SSSR count). The normalized spacial score (nSPS) is 23.2. The van der Waals surface area contributed by atoms with Gasteiger partial charge in [-0.05, 0) is 79.6 Å². The van der Waals surface area contributed by atoms with E-state index in [0.717, 1.165) is 92.0 Å². The third-order valence-corrected chi connectivity index (χ3v) is 11.7. The highest BCUT2D eigenvalue weighted by Crippen LogP contribution is 2.37. The Morgan fingerprint density at radius 2 is 1.68 bits per heavy atom. The maximum absolute atomic E-state index is 14.3. The van der Waals surface area contributed by atoms with Crippen LogP contribution in [0.3, 0.4) is 0 Å². The number of hydrogen-bond donors (Lipinski definition) is 3. The maximum atomic E-state index is 14.3. The van der Waals surface area contributed by atoms with Crippen molar-refractivity contribution in [3.63, 3.8) is 0 Å². The minimum absolute atomic E-state index is 0.00348. The molecule has 0 radical (unpaired) electrons. The lowest BCUT2D eigenvalue weighted by molar-refractivity contribution is -0.138. The van der Waals surface area contributed by atoms with Crippen molar-refractivity contribution in [1.29, 1.82) is 0 Å². The molecule has 274 valence electrons. The van der Waals surface area contributed by atoms with Crippen LogP contribution in [0.25, 0.3) is 11.0 Å². The SMILES string of the molecule is CCN(CC)[C@@H](C(=O)N1CCC[C@H]1c1nc2ccc(C3C=CC(C4=CNC([C@@H]5CCCN5C(=O)Cc5ccccc5)N4)=CC3)cc2[nH]1)c1ccccc1. The summed E-state index contributed by atoms with van der Waals surface area (Å²) < 4.78 is 0. The minimum Gasteiger partial charge on any atom is -0.368 e. The molecular weight excluding hydrogens is 659 g/mol. The molecule has 3 aromatic carbocycles. The molecule has 2 saturated heterocycles. The lowest BCUT2D eigenvalue weighted by Crippen LogP contribution is -2.52. The van der Waals surface area contributed by atoms with E-state index in [1.165, 1.54) is 11.1 Å². The second-order valence-electron chi connectivity index (χ2n) is 14.8. The van der Waals surface area contributed by atoms with Crippen molar-refractivity contribution in [3.05, 3.63) is 137 Å². The Bertz CT molecular complexity index is 2010. The molecule has 4 aromatic rings. The fraction of sp³-hybridized carbons (Fsp3) is 0.386. The number of likely N-dealkylation sites (tertiary alicyclic amines) is 2. The molecule has 9 nitrogen and oxygen atoms in total. The van der Waals surface area contributed by atoms with Crippen LogP contribution in [-0.4, -0.2) is 74.9 Å². The first-order chi connectivity index (χ1) is 26.0. The number of carbonyl (C=O) groups is 2. The molecule has 0 spiro atoms. The van der Waals surface area contributed by atoms with Crippen LogP contribution in [0.4, 0.5) is 0 Å². The van der Waals surface area contributed by atoms with Crippen molar-refractivity contribution in [2.75, 3.05) is 26.2 Å². The lowest BCUT2D eigenvalue weighted by atomic mass is 9.89. The number of likely N-dealkylation sites (N-methyl/N-ethyl adjacent to an activating group) is 1. The number of carbonyl (C=O) groups excluding carboxylic acids is 2. The Balaban J connectivity index is 0.914. The number of amides is 2. The van der Waals surface area contributed by atoms with Crippen LogP contribution < -0.4 is 10.6 Å². The summed E-state index contributed by atoms with van der Waals surface area (Å²) in [7, 11) is 0. The molecule has 0 bridgehead atoms. The van der Waals surface area contributed by atoms with E-state index in [2.05, 4.69) is 98.9 Å². The Morgan fingerprint density at radius 1 is 0.925 bits per heavy atom. The van der Waals surface area contributed by atoms with Gasteiger partial charge >= 0.3 is 0 Å². The summed E-state index contributed by atoms with van der Waals surface area (Å²) in [5.74, 6) is 1.48. The fourth-order valence-electron chi connectivity index (χ4n) is 8.83. The van der Waals surface area contributed by atoms with Gasteiger partial charge < -0.3 is 25.4 Å². The van der Waals surface area contributed by atoms with Gasteiger partial charge in [-0.15, -0.1) is 0 Å². The zero-order valence-corrected chi connectivity index (χ0v) is 30.9. The molecule has 2 unspecified atom stereocenters. The average molecular weight is 710 g/mol. The van der Waals surface area contributed by atoms with Gasteiger partial charge in [0, 0.05) is 25.2 Å². The highest BCUT2D eigenvalue weighted by Gasteiger charge is 2.39. The van der Waals surface area contributed by atoms with E-state index < -0.39 is 0 Å². The monoisotopic (exact) mass is 709 g/mol. The first kappa shape index (κ1) is 34.9. The number of rotatable bonds is 11. The van der Waals surface area contributed by atoms with Gasteiger partial charge in [-0.1, -0.05) is 98.8 Å². The van der Waals surface area contributed by atoms with Crippen LogP contribution in [0.1, 0.15) is 86.5 Å². The predicted molar refractivity (Wildman–Crippen MR) is 209 cm³/mol. The second kappa shape index (κ2) is 15.4. The van der Waals surface area contributed by atoms with E-state index in [4.69, 9.17) is 4.98 Å². The maximum Gasteiger partial charge on any atom is 0.245 e. The smallest absolute Gasteiger partial charge is 0.245 e. The number of imidazole rings is 1. The molecule has 5 atom stereocenters. The quantitative estimate of drug-likeness (QED) is 0.157. The van der Waals surface area contributed by atoms with Crippen LogP contribution in [0, 0.1) is 0 Å².